The van der Waals surface area contributed by atoms with Crippen molar-refractivity contribution in [3.05, 3.63) is 23.8 Å². The van der Waals surface area contributed by atoms with E-state index >= 15 is 0 Å². The summed E-state index contributed by atoms with van der Waals surface area (Å²) in [6.45, 7) is 12.6. The third-order valence-corrected chi connectivity index (χ3v) is 22.4. The second-order valence-electron chi connectivity index (χ2n) is 28.1. The van der Waals surface area contributed by atoms with Crippen molar-refractivity contribution in [1.82, 2.24) is 0 Å². The summed E-state index contributed by atoms with van der Waals surface area (Å²) in [7, 11) is -4.09. The quantitative estimate of drug-likeness (QED) is 0.0396. The predicted octanol–water partition coefficient (Wildman–Crippen LogP) is -2.13. The van der Waals surface area contributed by atoms with E-state index < -0.39 is 212 Å². The van der Waals surface area contributed by atoms with E-state index in [1.807, 2.05) is 13.0 Å². The second kappa shape index (κ2) is 25.8. The van der Waals surface area contributed by atoms with Gasteiger partial charge in [-0.3, -0.25) is 9.35 Å². The summed E-state index contributed by atoms with van der Waals surface area (Å²) in [5.41, 5.74) is -2.64. The second-order valence-corrected chi connectivity index (χ2v) is 29.2. The van der Waals surface area contributed by atoms with Crippen molar-refractivity contribution in [1.29, 1.82) is 0 Å². The van der Waals surface area contributed by atoms with Crippen LogP contribution in [-0.2, 0) is 76.2 Å². The Labute approximate surface area is 516 Å². The monoisotopic (exact) mass is 1300 g/mol. The highest BCUT2D eigenvalue weighted by atomic mass is 32.3. The Kier molecular flexibility index (Phi) is 20.2. The molecule has 6 saturated heterocycles. The number of carbonyl (C=O) groups excluding carboxylic acids is 1. The number of esters is 1. The van der Waals surface area contributed by atoms with E-state index in [1.165, 1.54) is 19.6 Å². The number of aliphatic hydroxyl groups is 12. The van der Waals surface area contributed by atoms with Crippen molar-refractivity contribution in [3.63, 3.8) is 0 Å². The zero-order chi connectivity index (χ0) is 65.0. The normalized spacial score (nSPS) is 51.0. The zero-order valence-electron chi connectivity index (χ0n) is 51.6. The summed E-state index contributed by atoms with van der Waals surface area (Å²) < 4.78 is 112. The Hall–Kier alpha value is -2.10. The van der Waals surface area contributed by atoms with E-state index in [0.29, 0.717) is 32.1 Å². The molecule has 0 aromatic rings. The molecule has 510 valence electrons. The van der Waals surface area contributed by atoms with Crippen LogP contribution >= 0.6 is 0 Å². The van der Waals surface area contributed by atoms with Gasteiger partial charge in [-0.15, -0.1) is 0 Å². The van der Waals surface area contributed by atoms with Crippen LogP contribution < -0.4 is 0 Å². The lowest BCUT2D eigenvalue weighted by Gasteiger charge is -2.64. The van der Waals surface area contributed by atoms with E-state index in [2.05, 4.69) is 33.8 Å². The van der Waals surface area contributed by atoms with E-state index in [-0.39, 0.29) is 29.1 Å². The van der Waals surface area contributed by atoms with Crippen LogP contribution in [-0.4, -0.2) is 272 Å². The number of hydrogen-bond donors (Lipinski definition) is 13. The molecule has 89 heavy (non-hydrogen) atoms. The van der Waals surface area contributed by atoms with Gasteiger partial charge in [0.25, 0.3) is 0 Å². The molecule has 31 atom stereocenters. The van der Waals surface area contributed by atoms with Crippen LogP contribution in [0, 0.1) is 39.4 Å². The molecule has 0 aromatic heterocycles. The number of carbonyl (C=O) groups is 1. The summed E-state index contributed by atoms with van der Waals surface area (Å²) in [6.07, 6.45) is -30.1. The van der Waals surface area contributed by atoms with E-state index in [0.717, 1.165) is 19.3 Å². The fourth-order valence-corrected chi connectivity index (χ4v) is 17.7. The smallest absolute Gasteiger partial charge is 0.397 e. The maximum absolute atomic E-state index is 14.5. The molecule has 0 aromatic carbocycles. The lowest BCUT2D eigenvalue weighted by molar-refractivity contribution is -0.403. The summed E-state index contributed by atoms with van der Waals surface area (Å²) >= 11 is 0. The van der Waals surface area contributed by atoms with Gasteiger partial charge in [-0.05, 0) is 95.3 Å². The molecular formula is C59H94O29S. The first kappa shape index (κ1) is 69.7. The molecule has 30 heteroatoms. The standard InChI is InChI=1S/C59H94O29S/c1-25-43(83-50-42(70)45(37(65)30(22-61)81-50)84-49-41(69)44(76-9)36(64)29(21-60)80-49)40(68)47(85-48-39(67)35(63)28(62)23-77-48)52(79-25)86-46-38(66)31(88-89(73,74)75)24-78-51(46)82-34-15-18-56(6)26-13-20-59-33(58(8,87-53(59)71)17-10-16-54(2,3)72)14-19-57(59,7)27(26)11-12-32(56)55(34,4)5/h10-11,16,25-26,28-52,60-70,72H,12-15,17-24H2,1-9H3,(H,73,74,75)/b16-10+/t25-,26+,28-,29-,30-,31-,32+,33-,34?,35+,36-,37-,38+,39-,40+,41-,42-,43-,44+,45+,46-,47-,48+,49+,50+,51+,52+,56-,57+,58+,59-/m1/s1. The lowest BCUT2D eigenvalue weighted by atomic mass is 9.41. The van der Waals surface area contributed by atoms with Gasteiger partial charge in [0, 0.05) is 24.9 Å². The molecule has 9 fully saturated rings. The number of rotatable bonds is 18. The van der Waals surface area contributed by atoms with Gasteiger partial charge in [-0.25, -0.2) is 4.18 Å². The third-order valence-electron chi connectivity index (χ3n) is 21.9. The Morgan fingerprint density at radius 3 is 1.88 bits per heavy atom. The number of ether oxygens (including phenoxy) is 12. The van der Waals surface area contributed by atoms with Crippen molar-refractivity contribution >= 4 is 16.4 Å². The molecule has 6 aliphatic heterocycles. The van der Waals surface area contributed by atoms with Crippen molar-refractivity contribution in [2.75, 3.05) is 33.5 Å². The lowest BCUT2D eigenvalue weighted by Crippen LogP contribution is -2.68. The van der Waals surface area contributed by atoms with Crippen molar-refractivity contribution in [2.45, 2.75) is 265 Å². The van der Waals surface area contributed by atoms with Crippen LogP contribution in [0.5, 0.6) is 0 Å². The maximum Gasteiger partial charge on any atom is 0.397 e. The first-order valence-corrected chi connectivity index (χ1v) is 32.3. The number of aliphatic hydroxyl groups excluding tert-OH is 11. The largest absolute Gasteiger partial charge is 0.458 e. The number of hydrogen-bond acceptors (Lipinski definition) is 28. The molecular weight excluding hydrogens is 1200 g/mol. The highest BCUT2D eigenvalue weighted by molar-refractivity contribution is 7.80. The molecule has 10 rings (SSSR count). The van der Waals surface area contributed by atoms with Gasteiger partial charge < -0.3 is 118 Å². The topological polar surface area (TPSA) is 434 Å². The summed E-state index contributed by atoms with van der Waals surface area (Å²) in [4.78, 5) is 14.5. The molecule has 3 saturated carbocycles. The van der Waals surface area contributed by atoms with Crippen LogP contribution in [0.4, 0.5) is 0 Å². The molecule has 6 heterocycles. The van der Waals surface area contributed by atoms with Crippen molar-refractivity contribution in [2.24, 2.45) is 39.4 Å². The fraction of sp³-hybridized carbons (Fsp3) is 0.915. The van der Waals surface area contributed by atoms with Gasteiger partial charge in [-0.2, -0.15) is 8.42 Å². The Bertz CT molecular complexity index is 2660. The van der Waals surface area contributed by atoms with Crippen LogP contribution in [0.25, 0.3) is 0 Å². The first-order valence-electron chi connectivity index (χ1n) is 30.9. The highest BCUT2D eigenvalue weighted by Gasteiger charge is 2.76. The summed E-state index contributed by atoms with van der Waals surface area (Å²) in [5, 5.41) is 132. The molecule has 0 bridgehead atoms. The fourth-order valence-electron chi connectivity index (χ4n) is 17.2. The third kappa shape index (κ3) is 12.5. The van der Waals surface area contributed by atoms with Gasteiger partial charge >= 0.3 is 16.4 Å². The molecule has 1 unspecified atom stereocenters. The SMILES string of the molecule is CO[C@@H]1[C@@H](O)[C@H](O[C@@H]2[C@@H](O)[C@H](O[C@H]3[C@H](O)[C@@H](O[C@@H]4OC[C@@H](O)[C@H](O)[C@H]4O)[C@H](O[C@H]4[C@H](OC5CC[C@]6(C)[C@H]7CC[C@]89C(=O)O[C@@](C)(C/C=C/C(C)(C)O)[C@H]8CC[C@@]9(C)C7=CC[C@H]6C5(C)C)OC[C@@H](OS(=O)(=O)O)[C@@H]4O)O[C@@H]3C)O[C@H](CO)[C@H]2O)O[C@H](CO)[C@H]1O. The van der Waals surface area contributed by atoms with Gasteiger partial charge in [0.15, 0.2) is 31.5 Å². The number of allylic oxidation sites excluding steroid dienone is 2. The van der Waals surface area contributed by atoms with Crippen LogP contribution in [0.2, 0.25) is 0 Å². The average Bonchev–Trinajstić information content (AvgIpc) is 1.55. The first-order chi connectivity index (χ1) is 41.6. The predicted molar refractivity (Wildman–Crippen MR) is 299 cm³/mol. The molecule has 4 aliphatic carbocycles. The average molecular weight is 1300 g/mol. The zero-order valence-corrected chi connectivity index (χ0v) is 52.4. The van der Waals surface area contributed by atoms with E-state index in [4.69, 9.17) is 61.0 Å². The minimum Gasteiger partial charge on any atom is -0.458 e. The van der Waals surface area contributed by atoms with Crippen molar-refractivity contribution < 1.29 is 140 Å². The van der Waals surface area contributed by atoms with Crippen LogP contribution in [0.1, 0.15) is 107 Å². The Morgan fingerprint density at radius 1 is 0.652 bits per heavy atom. The summed E-state index contributed by atoms with van der Waals surface area (Å²) in [6, 6.07) is 0. The Balaban J connectivity index is 0.903. The maximum atomic E-state index is 14.5. The molecule has 13 N–H and O–H groups in total. The van der Waals surface area contributed by atoms with Gasteiger partial charge in [-0.1, -0.05) is 51.5 Å². The minimum absolute atomic E-state index is 0.0240. The van der Waals surface area contributed by atoms with Gasteiger partial charge in [0.2, 0.25) is 0 Å². The van der Waals surface area contributed by atoms with Crippen molar-refractivity contribution in [3.8, 4) is 0 Å². The molecule has 1 spiro atoms. The number of fused-ring (bicyclic) bond motifs is 4. The molecule has 10 aliphatic rings. The molecule has 0 amide bonds. The summed E-state index contributed by atoms with van der Waals surface area (Å²) in [5.74, 6) is -0.128. The molecule has 29 nitrogen and oxygen atoms in total. The number of methoxy groups -OCH3 is 1. The van der Waals surface area contributed by atoms with Gasteiger partial charge in [0.05, 0.1) is 49.7 Å². The highest BCUT2D eigenvalue weighted by Crippen LogP contribution is 2.76. The van der Waals surface area contributed by atoms with Crippen LogP contribution in [0.15, 0.2) is 23.8 Å². The van der Waals surface area contributed by atoms with Gasteiger partial charge in [0.1, 0.15) is 109 Å². The molecule has 0 radical (unpaired) electrons. The van der Waals surface area contributed by atoms with E-state index in [1.54, 1.807) is 19.9 Å². The number of cyclic esters (lactones) is 1. The van der Waals surface area contributed by atoms with Crippen LogP contribution in [0.3, 0.4) is 0 Å². The van der Waals surface area contributed by atoms with E-state index in [9.17, 15) is 79.0 Å². The minimum atomic E-state index is -5.26. The Morgan fingerprint density at radius 2 is 1.25 bits per heavy atom.